The molecule has 0 aromatic heterocycles. The average molecular weight is 290 g/mol. The minimum absolute atomic E-state index is 0.0406. The zero-order chi connectivity index (χ0) is 15.4. The molecule has 0 atom stereocenters. The number of anilines is 2. The first-order valence-corrected chi connectivity index (χ1v) is 6.48. The number of carbonyl (C=O) groups is 1. The zero-order valence-corrected chi connectivity index (χ0v) is 11.9. The first-order chi connectivity index (χ1) is 9.95. The third-order valence-corrected chi connectivity index (χ3v) is 3.06. The van der Waals surface area contributed by atoms with Crippen LogP contribution >= 0.6 is 0 Å². The van der Waals surface area contributed by atoms with Gasteiger partial charge in [-0.05, 0) is 31.2 Å². The number of hydrogen-bond acceptors (Lipinski definition) is 2. The van der Waals surface area contributed by atoms with Crippen LogP contribution in [-0.4, -0.2) is 19.5 Å². The fraction of sp³-hybridized carbons (Fsp3) is 0.188. The van der Waals surface area contributed by atoms with E-state index in [-0.39, 0.29) is 12.5 Å². The molecule has 0 fully saturated rings. The van der Waals surface area contributed by atoms with E-state index in [4.69, 9.17) is 0 Å². The van der Waals surface area contributed by atoms with Gasteiger partial charge in [-0.2, -0.15) is 0 Å². The second kappa shape index (κ2) is 6.35. The van der Waals surface area contributed by atoms with Gasteiger partial charge in [0.15, 0.2) is 11.6 Å². The minimum atomic E-state index is -0.932. The summed E-state index contributed by atoms with van der Waals surface area (Å²) in [4.78, 5) is 13.5. The summed E-state index contributed by atoms with van der Waals surface area (Å²) in [6.45, 7) is 2.00. The van der Waals surface area contributed by atoms with Crippen LogP contribution in [0.15, 0.2) is 42.5 Å². The molecule has 0 saturated heterocycles. The van der Waals surface area contributed by atoms with E-state index in [2.05, 4.69) is 5.32 Å². The Kier molecular flexibility index (Phi) is 4.52. The van der Waals surface area contributed by atoms with Gasteiger partial charge in [0.25, 0.3) is 0 Å². The lowest BCUT2D eigenvalue weighted by atomic mass is 10.2. The van der Waals surface area contributed by atoms with Crippen molar-refractivity contribution in [3.8, 4) is 0 Å². The first kappa shape index (κ1) is 15.0. The molecule has 0 radical (unpaired) electrons. The van der Waals surface area contributed by atoms with Crippen molar-refractivity contribution in [1.29, 1.82) is 0 Å². The molecule has 21 heavy (non-hydrogen) atoms. The van der Waals surface area contributed by atoms with E-state index in [1.54, 1.807) is 11.9 Å². The van der Waals surface area contributed by atoms with Crippen LogP contribution in [0.4, 0.5) is 20.2 Å². The number of likely N-dealkylation sites (N-methyl/N-ethyl adjacent to an activating group) is 1. The number of benzene rings is 2. The number of amides is 1. The van der Waals surface area contributed by atoms with Crippen LogP contribution in [0.25, 0.3) is 0 Å². The number of nitrogens with one attached hydrogen (secondary N) is 1. The summed E-state index contributed by atoms with van der Waals surface area (Å²) in [7, 11) is 1.64. The van der Waals surface area contributed by atoms with Crippen LogP contribution in [0.5, 0.6) is 0 Å². The summed E-state index contributed by atoms with van der Waals surface area (Å²) in [5, 5.41) is 2.75. The quantitative estimate of drug-likeness (QED) is 0.936. The summed E-state index contributed by atoms with van der Waals surface area (Å²) in [5.41, 5.74) is 2.24. The highest BCUT2D eigenvalue weighted by atomic mass is 19.2. The third-order valence-electron chi connectivity index (χ3n) is 3.06. The minimum Gasteiger partial charge on any atom is -0.365 e. The molecule has 110 valence electrons. The summed E-state index contributed by atoms with van der Waals surface area (Å²) < 4.78 is 26.0. The van der Waals surface area contributed by atoms with Crippen molar-refractivity contribution in [2.24, 2.45) is 0 Å². The first-order valence-electron chi connectivity index (χ1n) is 6.48. The molecule has 2 rings (SSSR count). The van der Waals surface area contributed by atoms with Crippen LogP contribution in [0.3, 0.4) is 0 Å². The van der Waals surface area contributed by atoms with Crippen LogP contribution in [0.2, 0.25) is 0 Å². The van der Waals surface area contributed by atoms with Crippen LogP contribution in [-0.2, 0) is 4.79 Å². The van der Waals surface area contributed by atoms with E-state index in [9.17, 15) is 13.6 Å². The summed E-state index contributed by atoms with van der Waals surface area (Å²) in [6.07, 6.45) is 0. The van der Waals surface area contributed by atoms with Gasteiger partial charge in [-0.25, -0.2) is 8.78 Å². The van der Waals surface area contributed by atoms with E-state index in [0.717, 1.165) is 17.7 Å². The van der Waals surface area contributed by atoms with E-state index in [1.165, 1.54) is 6.07 Å². The van der Waals surface area contributed by atoms with Gasteiger partial charge < -0.3 is 10.2 Å². The molecule has 0 aliphatic carbocycles. The molecule has 0 saturated carbocycles. The fourth-order valence-electron chi connectivity index (χ4n) is 1.87. The topological polar surface area (TPSA) is 32.3 Å². The van der Waals surface area contributed by atoms with Gasteiger partial charge >= 0.3 is 0 Å². The van der Waals surface area contributed by atoms with E-state index >= 15 is 0 Å². The number of rotatable bonds is 4. The molecule has 0 unspecified atom stereocenters. The van der Waals surface area contributed by atoms with Crippen LogP contribution < -0.4 is 10.2 Å². The Morgan fingerprint density at radius 2 is 1.76 bits per heavy atom. The van der Waals surface area contributed by atoms with Crippen molar-refractivity contribution in [2.45, 2.75) is 6.92 Å². The van der Waals surface area contributed by atoms with Crippen molar-refractivity contribution in [3.05, 3.63) is 59.7 Å². The Balaban J connectivity index is 1.98. The molecule has 0 heterocycles. The molecular formula is C16H16F2N2O. The Bertz CT molecular complexity index is 641. The van der Waals surface area contributed by atoms with Gasteiger partial charge in [0.1, 0.15) is 0 Å². The molecular weight excluding hydrogens is 274 g/mol. The molecule has 0 aliphatic heterocycles. The van der Waals surface area contributed by atoms with Gasteiger partial charge in [0.2, 0.25) is 5.91 Å². The molecule has 3 nitrogen and oxygen atoms in total. The van der Waals surface area contributed by atoms with E-state index in [0.29, 0.717) is 11.4 Å². The van der Waals surface area contributed by atoms with Crippen LogP contribution in [0.1, 0.15) is 5.56 Å². The molecule has 0 bridgehead atoms. The van der Waals surface area contributed by atoms with Crippen molar-refractivity contribution >= 4 is 17.3 Å². The number of hydrogen-bond donors (Lipinski definition) is 1. The van der Waals surface area contributed by atoms with Crippen molar-refractivity contribution in [1.82, 2.24) is 0 Å². The molecule has 5 heteroatoms. The molecule has 1 amide bonds. The standard InChI is InChI=1S/C16H16F2N2O/c1-11-3-5-12(6-4-11)19-16(21)10-20(2)13-7-8-14(17)15(18)9-13/h3-9H,10H2,1-2H3,(H,19,21). The van der Waals surface area contributed by atoms with Crippen LogP contribution in [0, 0.1) is 18.6 Å². The maximum absolute atomic E-state index is 13.2. The SMILES string of the molecule is Cc1ccc(NC(=O)CN(C)c2ccc(F)c(F)c2)cc1. The average Bonchev–Trinajstić information content (AvgIpc) is 2.44. The van der Waals surface area contributed by atoms with Gasteiger partial charge in [-0.15, -0.1) is 0 Å². The molecule has 2 aromatic carbocycles. The second-order valence-electron chi connectivity index (χ2n) is 4.87. The zero-order valence-electron chi connectivity index (χ0n) is 11.9. The predicted octanol–water partition coefficient (Wildman–Crippen LogP) is 3.35. The number of nitrogens with zero attached hydrogens (tertiary/aromatic N) is 1. The van der Waals surface area contributed by atoms with Crippen molar-refractivity contribution in [2.75, 3.05) is 23.8 Å². The highest BCUT2D eigenvalue weighted by Crippen LogP contribution is 2.16. The molecule has 0 spiro atoms. The normalized spacial score (nSPS) is 10.3. The lowest BCUT2D eigenvalue weighted by molar-refractivity contribution is -0.114. The van der Waals surface area contributed by atoms with Crippen molar-refractivity contribution < 1.29 is 13.6 Å². The largest absolute Gasteiger partial charge is 0.365 e. The molecule has 2 aromatic rings. The Labute approximate surface area is 122 Å². The number of aryl methyl sites for hydroxylation is 1. The Morgan fingerprint density at radius 3 is 2.38 bits per heavy atom. The third kappa shape index (κ3) is 4.02. The smallest absolute Gasteiger partial charge is 0.243 e. The monoisotopic (exact) mass is 290 g/mol. The predicted molar refractivity (Wildman–Crippen MR) is 79.4 cm³/mol. The number of halogens is 2. The molecule has 1 N–H and O–H groups in total. The second-order valence-corrected chi connectivity index (χ2v) is 4.87. The lowest BCUT2D eigenvalue weighted by Crippen LogP contribution is -2.30. The van der Waals surface area contributed by atoms with E-state index < -0.39 is 11.6 Å². The fourth-order valence-corrected chi connectivity index (χ4v) is 1.87. The summed E-state index contributed by atoms with van der Waals surface area (Å²) in [5.74, 6) is -2.07. The number of carbonyl (C=O) groups excluding carboxylic acids is 1. The maximum Gasteiger partial charge on any atom is 0.243 e. The summed E-state index contributed by atoms with van der Waals surface area (Å²) >= 11 is 0. The Morgan fingerprint density at radius 1 is 1.10 bits per heavy atom. The molecule has 0 aliphatic rings. The lowest BCUT2D eigenvalue weighted by Gasteiger charge is -2.19. The van der Waals surface area contributed by atoms with Gasteiger partial charge in [-0.1, -0.05) is 17.7 Å². The highest BCUT2D eigenvalue weighted by Gasteiger charge is 2.10. The van der Waals surface area contributed by atoms with Gasteiger partial charge in [-0.3, -0.25) is 4.79 Å². The van der Waals surface area contributed by atoms with Crippen molar-refractivity contribution in [3.63, 3.8) is 0 Å². The maximum atomic E-state index is 13.2. The summed E-state index contributed by atoms with van der Waals surface area (Å²) in [6, 6.07) is 10.9. The highest BCUT2D eigenvalue weighted by molar-refractivity contribution is 5.94. The van der Waals surface area contributed by atoms with E-state index in [1.807, 2.05) is 31.2 Å². The Hall–Kier alpha value is -2.43. The van der Waals surface area contributed by atoms with Gasteiger partial charge in [0, 0.05) is 24.5 Å². The van der Waals surface area contributed by atoms with Gasteiger partial charge in [0.05, 0.1) is 6.54 Å².